The van der Waals surface area contributed by atoms with Gasteiger partial charge in [0.15, 0.2) is 0 Å². The van der Waals surface area contributed by atoms with E-state index in [0.717, 1.165) is 6.42 Å². The third-order valence-electron chi connectivity index (χ3n) is 4.00. The molecule has 0 aromatic carbocycles. The van der Waals surface area contributed by atoms with Crippen molar-refractivity contribution >= 4 is 17.3 Å². The molecule has 1 heterocycles. The van der Waals surface area contributed by atoms with Gasteiger partial charge in [0.1, 0.15) is 5.69 Å². The quantitative estimate of drug-likeness (QED) is 0.902. The van der Waals surface area contributed by atoms with E-state index in [2.05, 4.69) is 31.2 Å². The van der Waals surface area contributed by atoms with E-state index in [1.54, 1.807) is 10.9 Å². The zero-order chi connectivity index (χ0) is 14.0. The van der Waals surface area contributed by atoms with Gasteiger partial charge in [-0.05, 0) is 39.0 Å². The maximum Gasteiger partial charge on any atom is 0.291 e. The molecule has 0 unspecified atom stereocenters. The van der Waals surface area contributed by atoms with Crippen molar-refractivity contribution in [3.05, 3.63) is 21.6 Å². The van der Waals surface area contributed by atoms with Crippen LogP contribution in [0, 0.1) is 5.92 Å². The lowest BCUT2D eigenvalue weighted by Gasteiger charge is -2.28. The molecule has 0 aliphatic heterocycles. The van der Waals surface area contributed by atoms with E-state index in [4.69, 9.17) is 11.6 Å². The summed E-state index contributed by atoms with van der Waals surface area (Å²) in [6.07, 6.45) is 6.13. The average molecular weight is 284 g/mol. The molecule has 0 amide bonds. The lowest BCUT2D eigenvalue weighted by atomic mass is 9.85. The Hall–Kier alpha value is -1.03. The van der Waals surface area contributed by atoms with E-state index < -0.39 is 0 Å². The molecule has 1 aliphatic carbocycles. The summed E-state index contributed by atoms with van der Waals surface area (Å²) < 4.78 is 1.55. The largest absolute Gasteiger partial charge is 0.374 e. The summed E-state index contributed by atoms with van der Waals surface area (Å²) in [5.41, 5.74) is 0.210. The first-order valence-corrected chi connectivity index (χ1v) is 7.34. The summed E-state index contributed by atoms with van der Waals surface area (Å²) in [4.78, 5) is 12.4. The van der Waals surface area contributed by atoms with Crippen LogP contribution in [-0.4, -0.2) is 15.3 Å². The van der Waals surface area contributed by atoms with Gasteiger partial charge in [0.05, 0.1) is 11.2 Å². The number of nitrogens with one attached hydrogen (secondary N) is 1. The predicted octanol–water partition coefficient (Wildman–Crippen LogP) is 3.30. The third kappa shape index (κ3) is 3.30. The molecule has 1 N–H and O–H groups in total. The van der Waals surface area contributed by atoms with Crippen LogP contribution in [0.15, 0.2) is 11.0 Å². The van der Waals surface area contributed by atoms with E-state index in [9.17, 15) is 4.79 Å². The fourth-order valence-corrected chi connectivity index (χ4v) is 2.23. The fourth-order valence-electron chi connectivity index (χ4n) is 2.06. The van der Waals surface area contributed by atoms with Gasteiger partial charge in [0.25, 0.3) is 5.56 Å². The number of halogens is 1. The zero-order valence-electron chi connectivity index (χ0n) is 11.9. The molecular formula is C14H22ClN3O. The van der Waals surface area contributed by atoms with Gasteiger partial charge in [-0.25, -0.2) is 4.68 Å². The molecule has 0 bridgehead atoms. The zero-order valence-corrected chi connectivity index (χ0v) is 12.6. The lowest BCUT2D eigenvalue weighted by Crippen LogP contribution is -2.36. The van der Waals surface area contributed by atoms with E-state index in [1.807, 2.05) is 0 Å². The predicted molar refractivity (Wildman–Crippen MR) is 78.8 cm³/mol. The van der Waals surface area contributed by atoms with Crippen LogP contribution in [0.4, 0.5) is 5.69 Å². The molecule has 1 aromatic rings. The second-order valence-electron chi connectivity index (χ2n) is 6.01. The molecule has 0 saturated heterocycles. The first kappa shape index (κ1) is 14.4. The second-order valence-corrected chi connectivity index (χ2v) is 6.42. The molecule has 2 rings (SSSR count). The Morgan fingerprint density at radius 1 is 1.53 bits per heavy atom. The number of hydrogen-bond acceptors (Lipinski definition) is 3. The van der Waals surface area contributed by atoms with E-state index >= 15 is 0 Å². The molecule has 5 heteroatoms. The van der Waals surface area contributed by atoms with Crippen LogP contribution >= 0.6 is 11.6 Å². The van der Waals surface area contributed by atoms with Crippen LogP contribution in [0.1, 0.15) is 46.5 Å². The normalized spacial score (nSPS) is 16.2. The van der Waals surface area contributed by atoms with Crippen LogP contribution in [0.25, 0.3) is 0 Å². The van der Waals surface area contributed by atoms with Crippen molar-refractivity contribution in [1.82, 2.24) is 9.78 Å². The van der Waals surface area contributed by atoms with Gasteiger partial charge >= 0.3 is 0 Å². The van der Waals surface area contributed by atoms with Crippen molar-refractivity contribution in [2.45, 2.75) is 58.5 Å². The molecule has 106 valence electrons. The molecule has 1 aromatic heterocycles. The Labute approximate surface area is 119 Å². The van der Waals surface area contributed by atoms with E-state index in [-0.39, 0.29) is 11.1 Å². The Morgan fingerprint density at radius 3 is 2.74 bits per heavy atom. The molecule has 4 nitrogen and oxygen atoms in total. The molecule has 0 atom stereocenters. The van der Waals surface area contributed by atoms with Gasteiger partial charge in [-0.2, -0.15) is 5.10 Å². The number of rotatable bonds is 5. The molecule has 1 aliphatic rings. The molecular weight excluding hydrogens is 262 g/mol. The number of aromatic nitrogens is 2. The maximum atomic E-state index is 12.4. The minimum Gasteiger partial charge on any atom is -0.374 e. The molecule has 1 saturated carbocycles. The third-order valence-corrected chi connectivity index (χ3v) is 4.29. The van der Waals surface area contributed by atoms with Crippen molar-refractivity contribution in [3.8, 4) is 0 Å². The van der Waals surface area contributed by atoms with Crippen molar-refractivity contribution in [1.29, 1.82) is 0 Å². The number of anilines is 1. The smallest absolute Gasteiger partial charge is 0.291 e. The minimum absolute atomic E-state index is 0.110. The van der Waals surface area contributed by atoms with E-state index in [1.165, 1.54) is 19.3 Å². The standard InChI is InChI=1S/C14H22ClN3O/c1-4-14(2,3)17-12-11(15)8-16-18(13(12)19)9-10-6-5-7-10/h8,10,17H,4-7,9H2,1-3H3. The van der Waals surface area contributed by atoms with Crippen molar-refractivity contribution in [2.75, 3.05) is 5.32 Å². The number of hydrogen-bond donors (Lipinski definition) is 1. The highest BCUT2D eigenvalue weighted by molar-refractivity contribution is 6.33. The summed E-state index contributed by atoms with van der Waals surface area (Å²) >= 11 is 6.11. The van der Waals surface area contributed by atoms with Crippen LogP contribution in [0.2, 0.25) is 5.02 Å². The summed E-state index contributed by atoms with van der Waals surface area (Å²) in [5.74, 6) is 0.596. The van der Waals surface area contributed by atoms with Crippen molar-refractivity contribution < 1.29 is 0 Å². The van der Waals surface area contributed by atoms with Gasteiger partial charge in [0, 0.05) is 12.1 Å². The summed E-state index contributed by atoms with van der Waals surface area (Å²) in [7, 11) is 0. The van der Waals surface area contributed by atoms with Crippen molar-refractivity contribution in [3.63, 3.8) is 0 Å². The monoisotopic (exact) mass is 283 g/mol. The highest BCUT2D eigenvalue weighted by atomic mass is 35.5. The minimum atomic E-state index is -0.154. The summed E-state index contributed by atoms with van der Waals surface area (Å²) in [5, 5.41) is 7.80. The Balaban J connectivity index is 2.26. The van der Waals surface area contributed by atoms with Crippen molar-refractivity contribution in [2.24, 2.45) is 5.92 Å². The molecule has 0 spiro atoms. The summed E-state index contributed by atoms with van der Waals surface area (Å²) in [6, 6.07) is 0. The molecule has 0 radical (unpaired) electrons. The maximum absolute atomic E-state index is 12.4. The molecule has 1 fully saturated rings. The van der Waals surface area contributed by atoms with Gasteiger partial charge < -0.3 is 5.32 Å². The average Bonchev–Trinajstić information content (AvgIpc) is 2.31. The lowest BCUT2D eigenvalue weighted by molar-refractivity contribution is 0.262. The van der Waals surface area contributed by atoms with Crippen LogP contribution in [0.3, 0.4) is 0 Å². The highest BCUT2D eigenvalue weighted by Gasteiger charge is 2.22. The van der Waals surface area contributed by atoms with E-state index in [0.29, 0.717) is 23.2 Å². The first-order valence-electron chi connectivity index (χ1n) is 6.97. The molecule has 19 heavy (non-hydrogen) atoms. The van der Waals surface area contributed by atoms with Gasteiger partial charge in [-0.15, -0.1) is 0 Å². The Bertz CT molecular complexity index is 506. The topological polar surface area (TPSA) is 46.9 Å². The van der Waals surface area contributed by atoms with Gasteiger partial charge in [0.2, 0.25) is 0 Å². The summed E-state index contributed by atoms with van der Waals surface area (Å²) in [6.45, 7) is 6.89. The highest BCUT2D eigenvalue weighted by Crippen LogP contribution is 2.28. The first-order chi connectivity index (χ1) is 8.93. The van der Waals surface area contributed by atoms with Crippen LogP contribution < -0.4 is 10.9 Å². The SMILES string of the molecule is CCC(C)(C)Nc1c(Cl)cnn(CC2CCC2)c1=O. The van der Waals surface area contributed by atoms with Crippen LogP contribution in [0.5, 0.6) is 0 Å². The number of nitrogens with zero attached hydrogens (tertiary/aromatic N) is 2. The fraction of sp³-hybridized carbons (Fsp3) is 0.714. The van der Waals surface area contributed by atoms with Gasteiger partial charge in [-0.3, -0.25) is 4.79 Å². The Morgan fingerprint density at radius 2 is 2.21 bits per heavy atom. The second kappa shape index (κ2) is 5.53. The Kier molecular flexibility index (Phi) is 4.19. The van der Waals surface area contributed by atoms with Crippen LogP contribution in [-0.2, 0) is 6.54 Å². The van der Waals surface area contributed by atoms with Gasteiger partial charge in [-0.1, -0.05) is 24.9 Å².